The number of hydrogen-bond acceptors (Lipinski definition) is 8. The van der Waals surface area contributed by atoms with Gasteiger partial charge in [0.15, 0.2) is 23.0 Å². The molecule has 1 atom stereocenters. The van der Waals surface area contributed by atoms with Crippen molar-refractivity contribution in [3.05, 3.63) is 36.2 Å². The minimum atomic E-state index is -0.587. The van der Waals surface area contributed by atoms with E-state index in [0.29, 0.717) is 22.4 Å². The smallest absolute Gasteiger partial charge is 0.223 e. The number of ether oxygens (including phenoxy) is 1. The van der Waals surface area contributed by atoms with Gasteiger partial charge < -0.3 is 20.5 Å². The summed E-state index contributed by atoms with van der Waals surface area (Å²) in [5, 5.41) is 19.8. The Bertz CT molecular complexity index is 1390. The van der Waals surface area contributed by atoms with Gasteiger partial charge in [0.1, 0.15) is 0 Å². The van der Waals surface area contributed by atoms with Crippen LogP contribution < -0.4 is 15.4 Å². The molecule has 0 amide bonds. The second-order valence-corrected chi connectivity index (χ2v) is 9.70. The number of nitrogens with zero attached hydrogens (tertiary/aromatic N) is 7. The quantitative estimate of drug-likeness (QED) is 0.471. The average Bonchev–Trinajstić information content (AvgIpc) is 3.46. The molecule has 0 bridgehead atoms. The van der Waals surface area contributed by atoms with Crippen LogP contribution in [-0.2, 0) is 0 Å². The molecule has 0 spiro atoms. The lowest BCUT2D eigenvalue weighted by molar-refractivity contribution is -0.0543. The molecule has 4 heterocycles. The van der Waals surface area contributed by atoms with Crippen LogP contribution in [0.2, 0.25) is 0 Å². The first kappa shape index (κ1) is 21.1. The topological polar surface area (TPSA) is 120 Å². The van der Waals surface area contributed by atoms with Crippen molar-refractivity contribution in [1.82, 2.24) is 29.4 Å². The van der Waals surface area contributed by atoms with E-state index in [1.807, 2.05) is 17.8 Å². The Morgan fingerprint density at radius 3 is 2.85 bits per heavy atom. The fourth-order valence-electron chi connectivity index (χ4n) is 5.23. The average molecular weight is 467 g/mol. The highest BCUT2D eigenvalue weighted by molar-refractivity contribution is 5.93. The summed E-state index contributed by atoms with van der Waals surface area (Å²) in [6, 6.07) is 3.14. The van der Waals surface area contributed by atoms with Gasteiger partial charge in [0.2, 0.25) is 5.95 Å². The Morgan fingerprint density at radius 2 is 2.09 bits per heavy atom. The second-order valence-electron chi connectivity index (χ2n) is 9.70. The number of benzene rings is 1. The van der Waals surface area contributed by atoms with Gasteiger partial charge in [0, 0.05) is 36.7 Å². The molecule has 1 saturated heterocycles. The number of nitrogen functional groups attached to an aromatic ring is 1. The Labute approximate surface area is 195 Å². The van der Waals surface area contributed by atoms with Crippen LogP contribution in [0, 0.1) is 5.82 Å². The standard InChI is InChI=1S/C23H27FN8O2/c1-23(33)8-14(9-23)31-12-15(10-26-31)30-5-3-4-13(11-30)20-28-21-16-6-17(24)19(34-2)7-18(16)27-22(25)32(21)29-20/h6-7,10,12-14,33H,3-5,8-9,11H2,1-2H3,(H2,25,27)/t13-,14-,23+/m1/s1. The lowest BCUT2D eigenvalue weighted by atomic mass is 9.77. The summed E-state index contributed by atoms with van der Waals surface area (Å²) in [4.78, 5) is 11.4. The summed E-state index contributed by atoms with van der Waals surface area (Å²) in [5.41, 5.74) is 7.62. The number of methoxy groups -OCH3 is 1. The summed E-state index contributed by atoms with van der Waals surface area (Å²) in [6.45, 7) is 3.54. The Balaban J connectivity index is 1.29. The monoisotopic (exact) mass is 466 g/mol. The largest absolute Gasteiger partial charge is 0.494 e. The Hall–Kier alpha value is -3.47. The molecular weight excluding hydrogens is 439 g/mol. The van der Waals surface area contributed by atoms with Gasteiger partial charge in [-0.3, -0.25) is 4.68 Å². The first-order chi connectivity index (χ1) is 16.3. The molecule has 11 heteroatoms. The maximum atomic E-state index is 14.4. The number of anilines is 2. The number of hydrogen-bond donors (Lipinski definition) is 2. The van der Waals surface area contributed by atoms with E-state index in [4.69, 9.17) is 15.5 Å². The van der Waals surface area contributed by atoms with Crippen LogP contribution in [-0.4, -0.2) is 60.3 Å². The van der Waals surface area contributed by atoms with Crippen LogP contribution in [0.15, 0.2) is 24.5 Å². The molecule has 178 valence electrons. The van der Waals surface area contributed by atoms with Crippen LogP contribution in [0.3, 0.4) is 0 Å². The molecule has 1 aliphatic heterocycles. The summed E-state index contributed by atoms with van der Waals surface area (Å²) in [6.07, 6.45) is 7.32. The van der Waals surface area contributed by atoms with Gasteiger partial charge in [0.25, 0.3) is 0 Å². The van der Waals surface area contributed by atoms with Gasteiger partial charge in [-0.25, -0.2) is 14.4 Å². The van der Waals surface area contributed by atoms with Gasteiger partial charge >= 0.3 is 0 Å². The molecule has 0 unspecified atom stereocenters. The Morgan fingerprint density at radius 1 is 1.26 bits per heavy atom. The molecule has 3 aromatic heterocycles. The number of rotatable bonds is 4. The predicted octanol–water partition coefficient (Wildman–Crippen LogP) is 2.67. The third kappa shape index (κ3) is 3.42. The number of piperidine rings is 1. The van der Waals surface area contributed by atoms with Crippen LogP contribution in [0.1, 0.15) is 50.4 Å². The highest BCUT2D eigenvalue weighted by Crippen LogP contribution is 2.41. The normalized spacial score (nSPS) is 25.1. The number of halogens is 1. The minimum absolute atomic E-state index is 0.0963. The molecule has 1 saturated carbocycles. The zero-order chi connectivity index (χ0) is 23.6. The molecular formula is C23H27FN8O2. The molecule has 34 heavy (non-hydrogen) atoms. The molecule has 2 fully saturated rings. The number of fused-ring (bicyclic) bond motifs is 3. The summed E-state index contributed by atoms with van der Waals surface area (Å²) < 4.78 is 22.9. The fraction of sp³-hybridized carbons (Fsp3) is 0.478. The molecule has 1 aliphatic carbocycles. The minimum Gasteiger partial charge on any atom is -0.494 e. The van der Waals surface area contributed by atoms with Gasteiger partial charge in [-0.2, -0.15) is 9.61 Å². The molecule has 2 aliphatic rings. The number of nitrogens with two attached hydrogens (primary N) is 1. The fourth-order valence-corrected chi connectivity index (χ4v) is 5.23. The van der Waals surface area contributed by atoms with E-state index in [1.54, 1.807) is 0 Å². The second kappa shape index (κ2) is 7.52. The Kier molecular flexibility index (Phi) is 4.67. The van der Waals surface area contributed by atoms with Crippen LogP contribution in [0.5, 0.6) is 5.75 Å². The van der Waals surface area contributed by atoms with Crippen molar-refractivity contribution >= 4 is 28.2 Å². The van der Waals surface area contributed by atoms with Gasteiger partial charge in [0.05, 0.1) is 36.2 Å². The lowest BCUT2D eigenvalue weighted by Crippen LogP contribution is -2.42. The zero-order valence-electron chi connectivity index (χ0n) is 19.1. The van der Waals surface area contributed by atoms with Crippen molar-refractivity contribution in [3.63, 3.8) is 0 Å². The van der Waals surface area contributed by atoms with Crippen LogP contribution in [0.25, 0.3) is 16.6 Å². The van der Waals surface area contributed by atoms with Crippen molar-refractivity contribution in [2.24, 2.45) is 0 Å². The van der Waals surface area contributed by atoms with E-state index in [1.165, 1.54) is 23.8 Å². The molecule has 6 rings (SSSR count). The van der Waals surface area contributed by atoms with E-state index in [9.17, 15) is 9.50 Å². The van der Waals surface area contributed by atoms with Crippen LogP contribution in [0.4, 0.5) is 16.0 Å². The summed E-state index contributed by atoms with van der Waals surface area (Å²) in [7, 11) is 1.41. The molecule has 1 aromatic carbocycles. The first-order valence-corrected chi connectivity index (χ1v) is 11.5. The van der Waals surface area contributed by atoms with E-state index in [2.05, 4.69) is 26.3 Å². The lowest BCUT2D eigenvalue weighted by Gasteiger charge is -2.40. The summed E-state index contributed by atoms with van der Waals surface area (Å²) in [5.74, 6) is 0.586. The van der Waals surface area contributed by atoms with Gasteiger partial charge in [-0.1, -0.05) is 0 Å². The van der Waals surface area contributed by atoms with Gasteiger partial charge in [-0.15, -0.1) is 5.10 Å². The van der Waals surface area contributed by atoms with Crippen molar-refractivity contribution in [2.75, 3.05) is 30.8 Å². The van der Waals surface area contributed by atoms with E-state index in [0.717, 1.165) is 44.5 Å². The number of aliphatic hydroxyl groups is 1. The van der Waals surface area contributed by atoms with Crippen LogP contribution >= 0.6 is 0 Å². The highest BCUT2D eigenvalue weighted by atomic mass is 19.1. The summed E-state index contributed by atoms with van der Waals surface area (Å²) >= 11 is 0. The van der Waals surface area contributed by atoms with Crippen molar-refractivity contribution in [3.8, 4) is 5.75 Å². The van der Waals surface area contributed by atoms with Crippen molar-refractivity contribution < 1.29 is 14.2 Å². The third-order valence-corrected chi connectivity index (χ3v) is 7.05. The van der Waals surface area contributed by atoms with Gasteiger partial charge in [-0.05, 0) is 38.7 Å². The third-order valence-electron chi connectivity index (χ3n) is 7.05. The first-order valence-electron chi connectivity index (χ1n) is 11.5. The van der Waals surface area contributed by atoms with E-state index >= 15 is 0 Å². The van der Waals surface area contributed by atoms with E-state index in [-0.39, 0.29) is 23.7 Å². The molecule has 0 radical (unpaired) electrons. The van der Waals surface area contributed by atoms with E-state index < -0.39 is 11.4 Å². The number of aromatic nitrogens is 6. The molecule has 10 nitrogen and oxygen atoms in total. The molecule has 3 N–H and O–H groups in total. The molecule has 4 aromatic rings. The zero-order valence-corrected chi connectivity index (χ0v) is 19.1. The SMILES string of the molecule is COc1cc2nc(N)n3nc([C@@H]4CCCN(c5cnn([C@H]6C[C@@](C)(O)C6)c5)C4)nc3c2cc1F. The van der Waals surface area contributed by atoms with Crippen molar-refractivity contribution in [2.45, 2.75) is 50.2 Å². The van der Waals surface area contributed by atoms with Crippen molar-refractivity contribution in [1.29, 1.82) is 0 Å². The maximum absolute atomic E-state index is 14.4. The highest BCUT2D eigenvalue weighted by Gasteiger charge is 2.40. The maximum Gasteiger partial charge on any atom is 0.223 e. The predicted molar refractivity (Wildman–Crippen MR) is 125 cm³/mol.